The molecule has 3 heterocycles. The van der Waals surface area contributed by atoms with Crippen LogP contribution in [-0.2, 0) is 11.2 Å². The number of nitriles is 1. The first-order chi connectivity index (χ1) is 18.6. The lowest BCUT2D eigenvalue weighted by molar-refractivity contribution is -0.116. The van der Waals surface area contributed by atoms with E-state index in [1.165, 1.54) is 12.4 Å². The molecule has 2 aromatic heterocycles. The number of piperidine rings is 1. The molecule has 200 valence electrons. The van der Waals surface area contributed by atoms with Crippen LogP contribution in [0.2, 0.25) is 0 Å². The number of ether oxygens (including phenoxy) is 1. The van der Waals surface area contributed by atoms with Gasteiger partial charge < -0.3 is 26.0 Å². The topological polar surface area (TPSA) is 137 Å². The zero-order valence-corrected chi connectivity index (χ0v) is 22.3. The lowest BCUT2D eigenvalue weighted by Crippen LogP contribution is -2.31. The molecule has 1 fully saturated rings. The van der Waals surface area contributed by atoms with Crippen molar-refractivity contribution in [1.82, 2.24) is 20.3 Å². The fourth-order valence-electron chi connectivity index (χ4n) is 3.95. The summed E-state index contributed by atoms with van der Waals surface area (Å²) in [4.78, 5) is 25.4. The van der Waals surface area contributed by atoms with Gasteiger partial charge in [0.2, 0.25) is 5.91 Å². The summed E-state index contributed by atoms with van der Waals surface area (Å²) in [5.74, 6) is 2.29. The highest BCUT2D eigenvalue weighted by molar-refractivity contribution is 5.94. The minimum atomic E-state index is -0.0868. The summed E-state index contributed by atoms with van der Waals surface area (Å²) in [5.41, 5.74) is 2.72. The highest BCUT2D eigenvalue weighted by Crippen LogP contribution is 2.26. The summed E-state index contributed by atoms with van der Waals surface area (Å²) in [7, 11) is 1.63. The van der Waals surface area contributed by atoms with E-state index in [-0.39, 0.29) is 11.6 Å². The van der Waals surface area contributed by atoms with Crippen LogP contribution in [0.1, 0.15) is 44.4 Å². The number of carbonyl (C=O) groups is 1. The Morgan fingerprint density at radius 3 is 2.45 bits per heavy atom. The molecule has 10 heteroatoms. The molecule has 1 aromatic carbocycles. The first-order valence-corrected chi connectivity index (χ1v) is 13.0. The van der Waals surface area contributed by atoms with Gasteiger partial charge in [-0.25, -0.2) is 15.0 Å². The molecule has 1 amide bonds. The van der Waals surface area contributed by atoms with Gasteiger partial charge in [0.15, 0.2) is 5.69 Å². The maximum atomic E-state index is 12.7. The molecule has 10 nitrogen and oxygen atoms in total. The molecule has 1 aliphatic heterocycles. The Labute approximate surface area is 224 Å². The van der Waals surface area contributed by atoms with Gasteiger partial charge in [0.25, 0.3) is 0 Å². The molecule has 0 radical (unpaired) electrons. The van der Waals surface area contributed by atoms with E-state index < -0.39 is 0 Å². The number of hydrogen-bond donors (Lipinski definition) is 4. The molecule has 38 heavy (non-hydrogen) atoms. The average Bonchev–Trinajstić information content (AvgIpc) is 2.98. The molecule has 1 aliphatic rings. The zero-order valence-electron chi connectivity index (χ0n) is 22.3. The van der Waals surface area contributed by atoms with Crippen molar-refractivity contribution < 1.29 is 9.53 Å². The molecular formula is C28H36N8O2. The summed E-state index contributed by atoms with van der Waals surface area (Å²) in [5, 5.41) is 21.9. The molecule has 4 rings (SSSR count). The molecule has 0 spiro atoms. The van der Waals surface area contributed by atoms with Gasteiger partial charge in [0, 0.05) is 19.0 Å². The Balaban J connectivity index is 0.00000195. The molecular weight excluding hydrogens is 480 g/mol. The standard InChI is InChI=1S/C26H30N8O2.C2H6/c1-36-21-5-2-18(3-6-21)4-7-26(35)33-23-16-32-24(34-25-17-29-20(13-27)15-31-25)12-22(23)30-14-19-8-10-28-11-9-19;1-2/h2-3,5-6,12,15-17,19,28H,4,7-11,14H2,1H3,(H,33,35)(H2,30,31,32,34);1-2H3. The maximum absolute atomic E-state index is 12.7. The van der Waals surface area contributed by atoms with Crippen LogP contribution in [0.5, 0.6) is 5.75 Å². The van der Waals surface area contributed by atoms with E-state index in [4.69, 9.17) is 10.00 Å². The van der Waals surface area contributed by atoms with E-state index in [2.05, 4.69) is 36.2 Å². The van der Waals surface area contributed by atoms with E-state index in [9.17, 15) is 4.79 Å². The Morgan fingerprint density at radius 2 is 1.79 bits per heavy atom. The monoisotopic (exact) mass is 516 g/mol. The predicted molar refractivity (Wildman–Crippen MR) is 150 cm³/mol. The number of nitrogens with zero attached hydrogens (tertiary/aromatic N) is 4. The minimum absolute atomic E-state index is 0.0868. The van der Waals surface area contributed by atoms with Crippen LogP contribution in [0.15, 0.2) is 48.9 Å². The predicted octanol–water partition coefficient (Wildman–Crippen LogP) is 4.50. The number of nitrogens with one attached hydrogen (secondary N) is 4. The number of anilines is 4. The van der Waals surface area contributed by atoms with Gasteiger partial charge in [-0.15, -0.1) is 0 Å². The summed E-state index contributed by atoms with van der Waals surface area (Å²) in [6.45, 7) is 6.83. The molecule has 0 saturated carbocycles. The van der Waals surface area contributed by atoms with E-state index in [1.807, 2.05) is 50.2 Å². The number of pyridine rings is 1. The first-order valence-electron chi connectivity index (χ1n) is 13.0. The second-order valence-electron chi connectivity index (χ2n) is 8.61. The smallest absolute Gasteiger partial charge is 0.224 e. The van der Waals surface area contributed by atoms with Gasteiger partial charge in [-0.05, 0) is 56.0 Å². The van der Waals surface area contributed by atoms with E-state index >= 15 is 0 Å². The number of benzene rings is 1. The van der Waals surface area contributed by atoms with Gasteiger partial charge in [0.05, 0.1) is 37.1 Å². The van der Waals surface area contributed by atoms with Crippen LogP contribution < -0.4 is 26.0 Å². The number of aryl methyl sites for hydroxylation is 1. The summed E-state index contributed by atoms with van der Waals surface area (Å²) in [6.07, 6.45) is 7.70. The third-order valence-corrected chi connectivity index (χ3v) is 6.04. The molecule has 3 aromatic rings. The van der Waals surface area contributed by atoms with Gasteiger partial charge in [-0.3, -0.25) is 4.79 Å². The van der Waals surface area contributed by atoms with Crippen LogP contribution in [0.25, 0.3) is 0 Å². The van der Waals surface area contributed by atoms with Crippen molar-refractivity contribution in [3.8, 4) is 11.8 Å². The van der Waals surface area contributed by atoms with Gasteiger partial charge >= 0.3 is 0 Å². The largest absolute Gasteiger partial charge is 0.497 e. The van der Waals surface area contributed by atoms with Gasteiger partial charge in [0.1, 0.15) is 23.5 Å². The second kappa shape index (κ2) is 15.1. The van der Waals surface area contributed by atoms with Gasteiger partial charge in [-0.1, -0.05) is 26.0 Å². The Hall–Kier alpha value is -4.23. The molecule has 0 atom stereocenters. The van der Waals surface area contributed by atoms with Crippen LogP contribution in [-0.4, -0.2) is 47.6 Å². The summed E-state index contributed by atoms with van der Waals surface area (Å²) in [6, 6.07) is 11.5. The Bertz CT molecular complexity index is 1190. The highest BCUT2D eigenvalue weighted by Gasteiger charge is 2.15. The summed E-state index contributed by atoms with van der Waals surface area (Å²) >= 11 is 0. The molecule has 0 unspecified atom stereocenters. The fourth-order valence-corrected chi connectivity index (χ4v) is 3.95. The second-order valence-corrected chi connectivity index (χ2v) is 8.61. The average molecular weight is 517 g/mol. The zero-order chi connectivity index (χ0) is 27.2. The lowest BCUT2D eigenvalue weighted by atomic mass is 9.98. The third kappa shape index (κ3) is 8.71. The van der Waals surface area contributed by atoms with Crippen molar-refractivity contribution in [2.75, 3.05) is 42.7 Å². The number of rotatable bonds is 10. The third-order valence-electron chi connectivity index (χ3n) is 6.04. The first kappa shape index (κ1) is 28.3. The minimum Gasteiger partial charge on any atom is -0.497 e. The van der Waals surface area contributed by atoms with Crippen molar-refractivity contribution in [2.45, 2.75) is 39.5 Å². The van der Waals surface area contributed by atoms with Crippen molar-refractivity contribution >= 4 is 28.9 Å². The quantitative estimate of drug-likeness (QED) is 0.307. The molecule has 0 bridgehead atoms. The maximum Gasteiger partial charge on any atom is 0.224 e. The molecule has 0 aliphatic carbocycles. The normalized spacial score (nSPS) is 12.9. The number of methoxy groups -OCH3 is 1. The van der Waals surface area contributed by atoms with Crippen molar-refractivity contribution in [1.29, 1.82) is 5.26 Å². The number of amides is 1. The number of hydrogen-bond acceptors (Lipinski definition) is 9. The van der Waals surface area contributed by atoms with E-state index in [0.29, 0.717) is 36.1 Å². The molecule has 4 N–H and O–H groups in total. The van der Waals surface area contributed by atoms with E-state index in [1.54, 1.807) is 13.3 Å². The highest BCUT2D eigenvalue weighted by atomic mass is 16.5. The van der Waals surface area contributed by atoms with Crippen molar-refractivity contribution in [3.05, 3.63) is 60.2 Å². The number of carbonyl (C=O) groups excluding carboxylic acids is 1. The van der Waals surface area contributed by atoms with E-state index in [0.717, 1.165) is 49.5 Å². The SMILES string of the molecule is CC.COc1ccc(CCC(=O)Nc2cnc(Nc3cnc(C#N)cn3)cc2NCC2CCNCC2)cc1. The summed E-state index contributed by atoms with van der Waals surface area (Å²) < 4.78 is 5.19. The van der Waals surface area contributed by atoms with Crippen molar-refractivity contribution in [3.63, 3.8) is 0 Å². The fraction of sp³-hybridized carbons (Fsp3) is 0.393. The van der Waals surface area contributed by atoms with Crippen LogP contribution in [0, 0.1) is 17.2 Å². The Morgan fingerprint density at radius 1 is 1.05 bits per heavy atom. The van der Waals surface area contributed by atoms with Crippen LogP contribution in [0.3, 0.4) is 0 Å². The van der Waals surface area contributed by atoms with Crippen LogP contribution >= 0.6 is 0 Å². The van der Waals surface area contributed by atoms with Crippen LogP contribution in [0.4, 0.5) is 23.0 Å². The molecule has 1 saturated heterocycles. The van der Waals surface area contributed by atoms with Gasteiger partial charge in [-0.2, -0.15) is 5.26 Å². The number of aromatic nitrogens is 3. The van der Waals surface area contributed by atoms with Crippen molar-refractivity contribution in [2.24, 2.45) is 5.92 Å². The lowest BCUT2D eigenvalue weighted by Gasteiger charge is -2.24. The Kier molecular flexibility index (Phi) is 11.3.